The molecule has 1 aliphatic heterocycles. The fourth-order valence-electron chi connectivity index (χ4n) is 2.03. The van der Waals surface area contributed by atoms with Crippen LogP contribution in [0.15, 0.2) is 0 Å². The van der Waals surface area contributed by atoms with Gasteiger partial charge < -0.3 is 10.6 Å². The normalized spacial score (nSPS) is 28.0. The molecule has 2 N–H and O–H groups in total. The third-order valence-corrected chi connectivity index (χ3v) is 2.72. The molecule has 1 rings (SSSR count). The minimum absolute atomic E-state index is 0.0381. The summed E-state index contributed by atoms with van der Waals surface area (Å²) >= 11 is 0. The average molecular weight is 198 g/mol. The lowest BCUT2D eigenvalue weighted by molar-refractivity contribution is -0.122. The third kappa shape index (κ3) is 3.07. The predicted octanol–water partition coefficient (Wildman–Crippen LogP) is 0.942. The van der Waals surface area contributed by atoms with E-state index in [1.54, 1.807) is 0 Å². The van der Waals surface area contributed by atoms with Gasteiger partial charge in [-0.1, -0.05) is 20.8 Å². The Bertz CT molecular complexity index is 192. The van der Waals surface area contributed by atoms with E-state index < -0.39 is 0 Å². The number of carbonyl (C=O) groups excluding carboxylic acids is 1. The summed E-state index contributed by atoms with van der Waals surface area (Å²) in [5, 5.41) is 6.75. The SMILES string of the molecule is CCC(=O)C1NCCNC1CC(C)C. The Hall–Kier alpha value is -0.410. The molecule has 1 heterocycles. The molecule has 1 fully saturated rings. The van der Waals surface area contributed by atoms with Gasteiger partial charge in [-0.15, -0.1) is 0 Å². The lowest BCUT2D eigenvalue weighted by atomic mass is 9.92. The average Bonchev–Trinajstić information content (AvgIpc) is 2.16. The number of hydrogen-bond acceptors (Lipinski definition) is 3. The van der Waals surface area contributed by atoms with Crippen LogP contribution in [0.3, 0.4) is 0 Å². The lowest BCUT2D eigenvalue weighted by Crippen LogP contribution is -2.59. The highest BCUT2D eigenvalue weighted by atomic mass is 16.1. The summed E-state index contributed by atoms with van der Waals surface area (Å²) in [4.78, 5) is 11.7. The molecular weight excluding hydrogens is 176 g/mol. The summed E-state index contributed by atoms with van der Waals surface area (Å²) in [7, 11) is 0. The molecule has 0 saturated carbocycles. The molecule has 0 bridgehead atoms. The molecule has 0 aliphatic carbocycles. The number of piperazine rings is 1. The molecule has 1 saturated heterocycles. The molecule has 14 heavy (non-hydrogen) atoms. The Labute approximate surface area is 86.6 Å². The first-order chi connectivity index (χ1) is 6.65. The van der Waals surface area contributed by atoms with Gasteiger partial charge in [0.05, 0.1) is 6.04 Å². The molecular formula is C11H22N2O. The first-order valence-corrected chi connectivity index (χ1v) is 5.64. The van der Waals surface area contributed by atoms with Gasteiger partial charge in [0.25, 0.3) is 0 Å². The van der Waals surface area contributed by atoms with Crippen molar-refractivity contribution in [3.63, 3.8) is 0 Å². The van der Waals surface area contributed by atoms with Crippen molar-refractivity contribution in [2.45, 2.75) is 45.7 Å². The van der Waals surface area contributed by atoms with Crippen LogP contribution in [0.5, 0.6) is 0 Å². The second-order valence-electron chi connectivity index (χ2n) is 4.44. The molecule has 3 heteroatoms. The van der Waals surface area contributed by atoms with Gasteiger partial charge in [0.2, 0.25) is 0 Å². The van der Waals surface area contributed by atoms with Gasteiger partial charge in [-0.05, 0) is 12.3 Å². The van der Waals surface area contributed by atoms with Crippen LogP contribution in [0.2, 0.25) is 0 Å². The third-order valence-electron chi connectivity index (χ3n) is 2.72. The van der Waals surface area contributed by atoms with Gasteiger partial charge in [-0.3, -0.25) is 4.79 Å². The van der Waals surface area contributed by atoms with Crippen LogP contribution in [-0.2, 0) is 4.79 Å². The Morgan fingerprint density at radius 2 is 2.00 bits per heavy atom. The van der Waals surface area contributed by atoms with E-state index >= 15 is 0 Å². The van der Waals surface area contributed by atoms with Gasteiger partial charge in [0.15, 0.2) is 5.78 Å². The molecule has 0 spiro atoms. The second-order valence-corrected chi connectivity index (χ2v) is 4.44. The van der Waals surface area contributed by atoms with E-state index in [4.69, 9.17) is 0 Å². The maximum atomic E-state index is 11.7. The Morgan fingerprint density at radius 3 is 2.57 bits per heavy atom. The zero-order valence-corrected chi connectivity index (χ0v) is 9.47. The number of carbonyl (C=O) groups is 1. The summed E-state index contributed by atoms with van der Waals surface area (Å²) < 4.78 is 0. The first-order valence-electron chi connectivity index (χ1n) is 5.64. The van der Waals surface area contributed by atoms with Gasteiger partial charge in [-0.25, -0.2) is 0 Å². The molecule has 0 aromatic carbocycles. The Balaban J connectivity index is 2.54. The van der Waals surface area contributed by atoms with Crippen LogP contribution in [0.25, 0.3) is 0 Å². The van der Waals surface area contributed by atoms with Crippen molar-refractivity contribution in [3.8, 4) is 0 Å². The fourth-order valence-corrected chi connectivity index (χ4v) is 2.03. The van der Waals surface area contributed by atoms with Crippen molar-refractivity contribution in [2.24, 2.45) is 5.92 Å². The molecule has 2 atom stereocenters. The molecule has 0 radical (unpaired) electrons. The maximum Gasteiger partial charge on any atom is 0.151 e. The van der Waals surface area contributed by atoms with E-state index in [-0.39, 0.29) is 6.04 Å². The van der Waals surface area contributed by atoms with E-state index in [1.807, 2.05) is 6.92 Å². The Morgan fingerprint density at radius 1 is 1.36 bits per heavy atom. The van der Waals surface area contributed by atoms with Crippen LogP contribution in [0.4, 0.5) is 0 Å². The van der Waals surface area contributed by atoms with Gasteiger partial charge >= 0.3 is 0 Å². The predicted molar refractivity (Wildman–Crippen MR) is 58.3 cm³/mol. The molecule has 3 nitrogen and oxygen atoms in total. The highest BCUT2D eigenvalue weighted by Gasteiger charge is 2.29. The highest BCUT2D eigenvalue weighted by molar-refractivity contribution is 5.84. The smallest absolute Gasteiger partial charge is 0.151 e. The van der Waals surface area contributed by atoms with Crippen LogP contribution in [0, 0.1) is 5.92 Å². The molecule has 82 valence electrons. The number of hydrogen-bond donors (Lipinski definition) is 2. The molecule has 0 aromatic rings. The quantitative estimate of drug-likeness (QED) is 0.706. The van der Waals surface area contributed by atoms with Crippen LogP contribution >= 0.6 is 0 Å². The van der Waals surface area contributed by atoms with E-state index in [9.17, 15) is 4.79 Å². The Kier molecular flexibility index (Phi) is 4.55. The van der Waals surface area contributed by atoms with Crippen LogP contribution < -0.4 is 10.6 Å². The fraction of sp³-hybridized carbons (Fsp3) is 0.909. The molecule has 1 aliphatic rings. The molecule has 0 amide bonds. The lowest BCUT2D eigenvalue weighted by Gasteiger charge is -2.33. The number of Topliss-reactive ketones (excluding diaryl/α,β-unsaturated/α-hetero) is 1. The van der Waals surface area contributed by atoms with Crippen molar-refractivity contribution in [3.05, 3.63) is 0 Å². The summed E-state index contributed by atoms with van der Waals surface area (Å²) in [5.74, 6) is 0.974. The monoisotopic (exact) mass is 198 g/mol. The van der Waals surface area contributed by atoms with E-state index in [2.05, 4.69) is 24.5 Å². The van der Waals surface area contributed by atoms with E-state index in [0.717, 1.165) is 19.5 Å². The minimum atomic E-state index is 0.0381. The second kappa shape index (κ2) is 5.47. The topological polar surface area (TPSA) is 41.1 Å². The van der Waals surface area contributed by atoms with E-state index in [1.165, 1.54) is 0 Å². The van der Waals surface area contributed by atoms with Crippen molar-refractivity contribution < 1.29 is 4.79 Å². The maximum absolute atomic E-state index is 11.7. The van der Waals surface area contributed by atoms with E-state index in [0.29, 0.717) is 24.2 Å². The first kappa shape index (κ1) is 11.7. The van der Waals surface area contributed by atoms with Crippen molar-refractivity contribution in [2.75, 3.05) is 13.1 Å². The van der Waals surface area contributed by atoms with Crippen molar-refractivity contribution in [1.29, 1.82) is 0 Å². The standard InChI is InChI=1S/C11H22N2O/c1-4-10(14)11-9(7-8(2)3)12-5-6-13-11/h8-9,11-13H,4-7H2,1-3H3. The number of nitrogens with one attached hydrogen (secondary N) is 2. The highest BCUT2D eigenvalue weighted by Crippen LogP contribution is 2.12. The zero-order chi connectivity index (χ0) is 10.6. The van der Waals surface area contributed by atoms with Crippen molar-refractivity contribution >= 4 is 5.78 Å². The summed E-state index contributed by atoms with van der Waals surface area (Å²) in [6.45, 7) is 8.22. The molecule has 0 aromatic heterocycles. The number of ketones is 1. The van der Waals surface area contributed by atoms with Crippen LogP contribution in [-0.4, -0.2) is 31.0 Å². The summed E-state index contributed by atoms with van der Waals surface area (Å²) in [5.41, 5.74) is 0. The summed E-state index contributed by atoms with van der Waals surface area (Å²) in [6, 6.07) is 0.368. The van der Waals surface area contributed by atoms with Gasteiger partial charge in [0, 0.05) is 25.6 Å². The minimum Gasteiger partial charge on any atom is -0.311 e. The zero-order valence-electron chi connectivity index (χ0n) is 9.47. The van der Waals surface area contributed by atoms with Gasteiger partial charge in [0.1, 0.15) is 0 Å². The van der Waals surface area contributed by atoms with Gasteiger partial charge in [-0.2, -0.15) is 0 Å². The molecule has 2 unspecified atom stereocenters. The summed E-state index contributed by atoms with van der Waals surface area (Å²) in [6.07, 6.45) is 1.71. The van der Waals surface area contributed by atoms with Crippen molar-refractivity contribution in [1.82, 2.24) is 10.6 Å². The largest absolute Gasteiger partial charge is 0.311 e. The number of rotatable bonds is 4. The van der Waals surface area contributed by atoms with Crippen LogP contribution in [0.1, 0.15) is 33.6 Å².